The number of carbonyl (C=O) groups is 1. The number of rotatable bonds is 4. The van der Waals surface area contributed by atoms with Crippen molar-refractivity contribution >= 4 is 17.3 Å². The van der Waals surface area contributed by atoms with Crippen molar-refractivity contribution in [2.45, 2.75) is 25.8 Å². The van der Waals surface area contributed by atoms with Crippen molar-refractivity contribution in [3.63, 3.8) is 0 Å². The van der Waals surface area contributed by atoms with E-state index in [0.29, 0.717) is 11.5 Å². The van der Waals surface area contributed by atoms with Crippen molar-refractivity contribution in [1.82, 2.24) is 14.9 Å². The van der Waals surface area contributed by atoms with Crippen LogP contribution in [0.1, 0.15) is 35.6 Å². The molecule has 1 aromatic carbocycles. The lowest BCUT2D eigenvalue weighted by molar-refractivity contribution is 0.110. The van der Waals surface area contributed by atoms with Crippen LogP contribution in [0.15, 0.2) is 34.7 Å². The van der Waals surface area contributed by atoms with Gasteiger partial charge in [0.2, 0.25) is 0 Å². The third kappa shape index (κ3) is 2.92. The van der Waals surface area contributed by atoms with E-state index in [-0.39, 0.29) is 0 Å². The Kier molecular flexibility index (Phi) is 3.71. The Morgan fingerprint density at radius 2 is 2.04 bits per heavy atom. The van der Waals surface area contributed by atoms with E-state index in [0.717, 1.165) is 48.3 Å². The summed E-state index contributed by atoms with van der Waals surface area (Å²) < 4.78 is 5.49. The number of likely N-dealkylation sites (tertiary alicyclic amines) is 1. The maximum Gasteiger partial charge on any atom is 0.185 e. The first-order chi connectivity index (χ1) is 11.3. The topological polar surface area (TPSA) is 62.1 Å². The van der Waals surface area contributed by atoms with Gasteiger partial charge in [0.1, 0.15) is 11.6 Å². The van der Waals surface area contributed by atoms with Gasteiger partial charge in [0, 0.05) is 5.56 Å². The van der Waals surface area contributed by atoms with Crippen molar-refractivity contribution < 1.29 is 9.21 Å². The first-order valence-electron chi connectivity index (χ1n) is 8.08. The highest BCUT2D eigenvalue weighted by Gasteiger charge is 2.13. The molecule has 1 N–H and O–H groups in total. The second kappa shape index (κ2) is 6.01. The van der Waals surface area contributed by atoms with Gasteiger partial charge in [0.15, 0.2) is 12.0 Å². The fourth-order valence-corrected chi connectivity index (χ4v) is 3.19. The molecule has 118 valence electrons. The lowest BCUT2D eigenvalue weighted by Gasteiger charge is -2.25. The number of imidazole rings is 1. The summed E-state index contributed by atoms with van der Waals surface area (Å²) in [5.74, 6) is 2.05. The molecule has 1 aliphatic rings. The number of carbonyl (C=O) groups excluding carboxylic acids is 1. The maximum absolute atomic E-state index is 10.7. The normalized spacial score (nSPS) is 16.0. The smallest absolute Gasteiger partial charge is 0.185 e. The lowest BCUT2D eigenvalue weighted by atomic mass is 10.1. The van der Waals surface area contributed by atoms with E-state index in [4.69, 9.17) is 4.42 Å². The predicted octanol–water partition coefficient (Wildman–Crippen LogP) is 3.62. The minimum absolute atomic E-state index is 0.343. The van der Waals surface area contributed by atoms with Crippen LogP contribution in [0.3, 0.4) is 0 Å². The van der Waals surface area contributed by atoms with E-state index in [1.807, 2.05) is 24.3 Å². The second-order valence-corrected chi connectivity index (χ2v) is 6.07. The Labute approximate surface area is 134 Å². The summed E-state index contributed by atoms with van der Waals surface area (Å²) in [5, 5.41) is 0. The lowest BCUT2D eigenvalue weighted by Crippen LogP contribution is -2.29. The molecule has 0 aliphatic carbocycles. The molecule has 1 saturated heterocycles. The van der Waals surface area contributed by atoms with Crippen molar-refractivity contribution in [3.8, 4) is 11.3 Å². The summed E-state index contributed by atoms with van der Waals surface area (Å²) in [6.07, 6.45) is 4.62. The third-order valence-corrected chi connectivity index (χ3v) is 4.38. The highest BCUT2D eigenvalue weighted by molar-refractivity contribution is 5.81. The molecular weight excluding hydrogens is 290 g/mol. The molecule has 0 saturated carbocycles. The zero-order chi connectivity index (χ0) is 15.6. The van der Waals surface area contributed by atoms with Gasteiger partial charge in [-0.15, -0.1) is 0 Å². The standard InChI is InChI=1S/C18H19N3O2/c22-12-14-5-7-17(23-14)13-4-6-15-16(10-13)20-18(19-15)11-21-8-2-1-3-9-21/h4-7,10,12H,1-3,8-9,11H2,(H,19,20). The zero-order valence-electron chi connectivity index (χ0n) is 12.9. The average molecular weight is 309 g/mol. The van der Waals surface area contributed by atoms with Gasteiger partial charge in [0.05, 0.1) is 17.6 Å². The molecular formula is C18H19N3O2. The number of hydrogen-bond donors (Lipinski definition) is 1. The molecule has 0 unspecified atom stereocenters. The number of aromatic amines is 1. The minimum atomic E-state index is 0.343. The zero-order valence-corrected chi connectivity index (χ0v) is 12.9. The number of furan rings is 1. The Hall–Kier alpha value is -2.40. The van der Waals surface area contributed by atoms with E-state index >= 15 is 0 Å². The number of nitrogens with one attached hydrogen (secondary N) is 1. The molecule has 0 bridgehead atoms. The van der Waals surface area contributed by atoms with E-state index in [1.54, 1.807) is 6.07 Å². The fraction of sp³-hybridized carbons (Fsp3) is 0.333. The van der Waals surface area contributed by atoms with Crippen LogP contribution in [0.2, 0.25) is 0 Å². The number of aromatic nitrogens is 2. The van der Waals surface area contributed by atoms with Crippen LogP contribution in [-0.4, -0.2) is 34.2 Å². The number of nitrogens with zero attached hydrogens (tertiary/aromatic N) is 2. The van der Waals surface area contributed by atoms with Gasteiger partial charge >= 0.3 is 0 Å². The summed E-state index contributed by atoms with van der Waals surface area (Å²) in [4.78, 5) is 21.3. The van der Waals surface area contributed by atoms with Crippen molar-refractivity contribution in [3.05, 3.63) is 41.9 Å². The summed E-state index contributed by atoms with van der Waals surface area (Å²) in [6.45, 7) is 3.19. The first kappa shape index (κ1) is 14.2. The predicted molar refractivity (Wildman–Crippen MR) is 88.3 cm³/mol. The van der Waals surface area contributed by atoms with Gasteiger partial charge in [-0.25, -0.2) is 4.98 Å². The van der Waals surface area contributed by atoms with E-state index < -0.39 is 0 Å². The van der Waals surface area contributed by atoms with Crippen LogP contribution in [-0.2, 0) is 6.54 Å². The molecule has 0 spiro atoms. The molecule has 1 aliphatic heterocycles. The quantitative estimate of drug-likeness (QED) is 0.748. The summed E-state index contributed by atoms with van der Waals surface area (Å²) >= 11 is 0. The molecule has 0 radical (unpaired) electrons. The second-order valence-electron chi connectivity index (χ2n) is 6.07. The number of fused-ring (bicyclic) bond motifs is 1. The Morgan fingerprint density at radius 1 is 1.17 bits per heavy atom. The van der Waals surface area contributed by atoms with Gasteiger partial charge in [0.25, 0.3) is 0 Å². The van der Waals surface area contributed by atoms with E-state index in [2.05, 4.69) is 14.9 Å². The van der Waals surface area contributed by atoms with Gasteiger partial charge < -0.3 is 9.40 Å². The van der Waals surface area contributed by atoms with Crippen LogP contribution in [0.5, 0.6) is 0 Å². The Balaban J connectivity index is 1.59. The fourth-order valence-electron chi connectivity index (χ4n) is 3.19. The molecule has 3 aromatic rings. The van der Waals surface area contributed by atoms with E-state index in [9.17, 15) is 4.79 Å². The number of H-pyrrole nitrogens is 1. The van der Waals surface area contributed by atoms with Crippen molar-refractivity contribution in [1.29, 1.82) is 0 Å². The van der Waals surface area contributed by atoms with Crippen LogP contribution < -0.4 is 0 Å². The first-order valence-corrected chi connectivity index (χ1v) is 8.08. The summed E-state index contributed by atoms with van der Waals surface area (Å²) in [5.41, 5.74) is 2.90. The number of hydrogen-bond acceptors (Lipinski definition) is 4. The largest absolute Gasteiger partial charge is 0.453 e. The molecule has 2 aromatic heterocycles. The average Bonchev–Trinajstić information content (AvgIpc) is 3.21. The molecule has 23 heavy (non-hydrogen) atoms. The number of benzene rings is 1. The van der Waals surface area contributed by atoms with Crippen LogP contribution in [0, 0.1) is 0 Å². The SMILES string of the molecule is O=Cc1ccc(-c2ccc3nc(CN4CCCCC4)[nH]c3c2)o1. The van der Waals surface area contributed by atoms with Crippen LogP contribution in [0.4, 0.5) is 0 Å². The van der Waals surface area contributed by atoms with Crippen molar-refractivity contribution in [2.24, 2.45) is 0 Å². The molecule has 5 nitrogen and oxygen atoms in total. The highest BCUT2D eigenvalue weighted by Crippen LogP contribution is 2.25. The van der Waals surface area contributed by atoms with Gasteiger partial charge in [-0.3, -0.25) is 9.69 Å². The molecule has 0 atom stereocenters. The molecule has 1 fully saturated rings. The highest BCUT2D eigenvalue weighted by atomic mass is 16.3. The van der Waals surface area contributed by atoms with Gasteiger partial charge in [-0.2, -0.15) is 0 Å². The van der Waals surface area contributed by atoms with Gasteiger partial charge in [-0.1, -0.05) is 6.42 Å². The monoisotopic (exact) mass is 309 g/mol. The number of piperidine rings is 1. The van der Waals surface area contributed by atoms with Gasteiger partial charge in [-0.05, 0) is 56.3 Å². The summed E-state index contributed by atoms with van der Waals surface area (Å²) in [6, 6.07) is 9.48. The Bertz CT molecular complexity index is 828. The molecule has 4 rings (SSSR count). The Morgan fingerprint density at radius 3 is 2.83 bits per heavy atom. The van der Waals surface area contributed by atoms with Crippen molar-refractivity contribution in [2.75, 3.05) is 13.1 Å². The minimum Gasteiger partial charge on any atom is -0.453 e. The number of aldehydes is 1. The van der Waals surface area contributed by atoms with Crippen LogP contribution >= 0.6 is 0 Å². The molecule has 5 heteroatoms. The third-order valence-electron chi connectivity index (χ3n) is 4.38. The maximum atomic E-state index is 10.7. The molecule has 0 amide bonds. The summed E-state index contributed by atoms with van der Waals surface area (Å²) in [7, 11) is 0. The van der Waals surface area contributed by atoms with E-state index in [1.165, 1.54) is 19.3 Å². The van der Waals surface area contributed by atoms with Crippen LogP contribution in [0.25, 0.3) is 22.4 Å². The molecule has 3 heterocycles.